The number of benzene rings is 1. The maximum atomic E-state index is 5.94. The molecule has 24 heavy (non-hydrogen) atoms. The standard InChI is InChI=1S/C18H30N4O.HI/c1-5-14(2)22(4)11-10-20-18(19-3)21-13-16-12-15-8-6-7-9-17(15)23-16;/h6-9,14,16H,5,10-13H2,1-4H3,(H2,19,20,21);1H. The van der Waals surface area contributed by atoms with Crippen molar-refractivity contribution in [2.45, 2.75) is 38.8 Å². The molecule has 2 unspecified atom stereocenters. The summed E-state index contributed by atoms with van der Waals surface area (Å²) in [6, 6.07) is 8.85. The monoisotopic (exact) mass is 446 g/mol. The highest BCUT2D eigenvalue weighted by molar-refractivity contribution is 14.0. The zero-order valence-corrected chi connectivity index (χ0v) is 17.5. The lowest BCUT2D eigenvalue weighted by Crippen LogP contribution is -2.45. The number of rotatable bonds is 7. The minimum atomic E-state index is 0. The number of hydrogen-bond donors (Lipinski definition) is 2. The number of fused-ring (bicyclic) bond motifs is 1. The Morgan fingerprint density at radius 2 is 2.12 bits per heavy atom. The molecule has 5 nitrogen and oxygen atoms in total. The average molecular weight is 446 g/mol. The van der Waals surface area contributed by atoms with E-state index >= 15 is 0 Å². The average Bonchev–Trinajstić information content (AvgIpc) is 2.99. The van der Waals surface area contributed by atoms with Crippen LogP contribution in [0, 0.1) is 0 Å². The van der Waals surface area contributed by atoms with Crippen molar-refractivity contribution in [3.8, 4) is 5.75 Å². The number of ether oxygens (including phenoxy) is 1. The fourth-order valence-corrected chi connectivity index (χ4v) is 2.68. The third-order valence-electron chi connectivity index (χ3n) is 4.53. The van der Waals surface area contributed by atoms with E-state index in [1.165, 1.54) is 12.0 Å². The zero-order chi connectivity index (χ0) is 16.7. The minimum Gasteiger partial charge on any atom is -0.488 e. The Kier molecular flexibility index (Phi) is 9.43. The SMILES string of the molecule is CCC(C)N(C)CCNC(=NC)NCC1Cc2ccccc2O1.I. The van der Waals surface area contributed by atoms with Crippen molar-refractivity contribution < 1.29 is 4.74 Å². The van der Waals surface area contributed by atoms with Gasteiger partial charge in [-0.1, -0.05) is 25.1 Å². The van der Waals surface area contributed by atoms with E-state index in [0.29, 0.717) is 6.04 Å². The van der Waals surface area contributed by atoms with E-state index < -0.39 is 0 Å². The lowest BCUT2D eigenvalue weighted by Gasteiger charge is -2.24. The molecule has 1 heterocycles. The Hall–Kier alpha value is -1.02. The molecule has 6 heteroatoms. The molecule has 0 aromatic heterocycles. The molecule has 2 rings (SSSR count). The summed E-state index contributed by atoms with van der Waals surface area (Å²) >= 11 is 0. The highest BCUT2D eigenvalue weighted by Gasteiger charge is 2.22. The number of likely N-dealkylation sites (N-methyl/N-ethyl adjacent to an activating group) is 1. The quantitative estimate of drug-likeness (QED) is 0.384. The van der Waals surface area contributed by atoms with Gasteiger partial charge in [-0.2, -0.15) is 0 Å². The first kappa shape index (κ1) is 21.0. The molecular weight excluding hydrogens is 415 g/mol. The molecule has 0 amide bonds. The summed E-state index contributed by atoms with van der Waals surface area (Å²) in [5.74, 6) is 1.85. The maximum Gasteiger partial charge on any atom is 0.191 e. The van der Waals surface area contributed by atoms with Gasteiger partial charge in [0, 0.05) is 32.6 Å². The number of hydrogen-bond acceptors (Lipinski definition) is 3. The van der Waals surface area contributed by atoms with Gasteiger partial charge in [-0.25, -0.2) is 0 Å². The van der Waals surface area contributed by atoms with Crippen molar-refractivity contribution in [1.82, 2.24) is 15.5 Å². The highest BCUT2D eigenvalue weighted by atomic mass is 127. The molecule has 1 aromatic rings. The zero-order valence-electron chi connectivity index (χ0n) is 15.2. The maximum absolute atomic E-state index is 5.94. The van der Waals surface area contributed by atoms with Crippen molar-refractivity contribution in [2.75, 3.05) is 33.7 Å². The first-order valence-electron chi connectivity index (χ1n) is 8.53. The number of aliphatic imine (C=N–C) groups is 1. The minimum absolute atomic E-state index is 0. The third kappa shape index (κ3) is 6.12. The normalized spacial score (nSPS) is 17.7. The molecule has 0 fully saturated rings. The van der Waals surface area contributed by atoms with E-state index in [9.17, 15) is 0 Å². The molecule has 1 aliphatic rings. The van der Waals surface area contributed by atoms with Gasteiger partial charge >= 0.3 is 0 Å². The molecule has 2 atom stereocenters. The van der Waals surface area contributed by atoms with Gasteiger partial charge in [0.2, 0.25) is 0 Å². The van der Waals surface area contributed by atoms with E-state index in [1.807, 2.05) is 12.1 Å². The van der Waals surface area contributed by atoms with Crippen LogP contribution in [-0.4, -0.2) is 56.7 Å². The molecule has 2 N–H and O–H groups in total. The molecule has 0 saturated heterocycles. The van der Waals surface area contributed by atoms with Crippen LogP contribution in [0.3, 0.4) is 0 Å². The van der Waals surface area contributed by atoms with Gasteiger partial charge in [0.05, 0.1) is 6.54 Å². The van der Waals surface area contributed by atoms with Gasteiger partial charge in [0.1, 0.15) is 11.9 Å². The van der Waals surface area contributed by atoms with Crippen LogP contribution in [0.4, 0.5) is 0 Å². The Morgan fingerprint density at radius 3 is 2.79 bits per heavy atom. The molecule has 1 aromatic carbocycles. The number of nitrogens with zero attached hydrogens (tertiary/aromatic N) is 2. The second kappa shape index (κ2) is 10.8. The van der Waals surface area contributed by atoms with Crippen LogP contribution < -0.4 is 15.4 Å². The molecular formula is C18H31IN4O. The van der Waals surface area contributed by atoms with Gasteiger partial charge in [0.15, 0.2) is 5.96 Å². The van der Waals surface area contributed by atoms with Gasteiger partial charge in [-0.3, -0.25) is 4.99 Å². The van der Waals surface area contributed by atoms with Crippen molar-refractivity contribution >= 4 is 29.9 Å². The van der Waals surface area contributed by atoms with Crippen LogP contribution in [0.2, 0.25) is 0 Å². The van der Waals surface area contributed by atoms with E-state index in [0.717, 1.165) is 37.8 Å². The van der Waals surface area contributed by atoms with Crippen molar-refractivity contribution in [3.05, 3.63) is 29.8 Å². The van der Waals surface area contributed by atoms with Crippen molar-refractivity contribution in [3.63, 3.8) is 0 Å². The number of para-hydroxylation sites is 1. The van der Waals surface area contributed by atoms with Crippen molar-refractivity contribution in [2.24, 2.45) is 4.99 Å². The largest absolute Gasteiger partial charge is 0.488 e. The predicted octanol–water partition coefficient (Wildman–Crippen LogP) is 2.50. The third-order valence-corrected chi connectivity index (χ3v) is 4.53. The Morgan fingerprint density at radius 1 is 1.38 bits per heavy atom. The molecule has 0 bridgehead atoms. The number of guanidine groups is 1. The highest BCUT2D eigenvalue weighted by Crippen LogP contribution is 2.27. The summed E-state index contributed by atoms with van der Waals surface area (Å²) in [6.07, 6.45) is 2.30. The summed E-state index contributed by atoms with van der Waals surface area (Å²) < 4.78 is 5.94. The topological polar surface area (TPSA) is 48.9 Å². The first-order chi connectivity index (χ1) is 11.1. The smallest absolute Gasteiger partial charge is 0.191 e. The molecule has 1 aliphatic heterocycles. The van der Waals surface area contributed by atoms with E-state index in [1.54, 1.807) is 7.05 Å². The lowest BCUT2D eigenvalue weighted by atomic mass is 10.1. The molecule has 136 valence electrons. The first-order valence-corrected chi connectivity index (χ1v) is 8.53. The van der Waals surface area contributed by atoms with Gasteiger partial charge < -0.3 is 20.3 Å². The van der Waals surface area contributed by atoms with Crippen molar-refractivity contribution in [1.29, 1.82) is 0 Å². The van der Waals surface area contributed by atoms with Crippen LogP contribution in [0.5, 0.6) is 5.75 Å². The number of nitrogens with one attached hydrogen (secondary N) is 2. The Balaban J connectivity index is 0.00000288. The second-order valence-electron chi connectivity index (χ2n) is 6.17. The van der Waals surface area contributed by atoms with Gasteiger partial charge in [0.25, 0.3) is 0 Å². The lowest BCUT2D eigenvalue weighted by molar-refractivity contribution is 0.234. The Bertz CT molecular complexity index is 498. The van der Waals surface area contributed by atoms with E-state index in [-0.39, 0.29) is 30.1 Å². The molecule has 0 saturated carbocycles. The molecule has 0 radical (unpaired) electrons. The summed E-state index contributed by atoms with van der Waals surface area (Å²) in [5.41, 5.74) is 1.29. The van der Waals surface area contributed by atoms with E-state index in [2.05, 4.69) is 53.6 Å². The predicted molar refractivity (Wildman–Crippen MR) is 112 cm³/mol. The number of halogens is 1. The van der Waals surface area contributed by atoms with Crippen LogP contribution in [0.1, 0.15) is 25.8 Å². The molecule has 0 aliphatic carbocycles. The fraction of sp³-hybridized carbons (Fsp3) is 0.611. The summed E-state index contributed by atoms with van der Waals surface area (Å²) in [4.78, 5) is 6.64. The summed E-state index contributed by atoms with van der Waals surface area (Å²) in [5, 5.41) is 6.72. The van der Waals surface area contributed by atoms with Crippen LogP contribution in [0.15, 0.2) is 29.3 Å². The van der Waals surface area contributed by atoms with E-state index in [4.69, 9.17) is 4.74 Å². The van der Waals surface area contributed by atoms with Crippen LogP contribution >= 0.6 is 24.0 Å². The molecule has 0 spiro atoms. The van der Waals surface area contributed by atoms with Gasteiger partial charge in [-0.15, -0.1) is 24.0 Å². The van der Waals surface area contributed by atoms with Crippen LogP contribution in [-0.2, 0) is 6.42 Å². The second-order valence-corrected chi connectivity index (χ2v) is 6.17. The fourth-order valence-electron chi connectivity index (χ4n) is 2.68. The summed E-state index contributed by atoms with van der Waals surface area (Å²) in [7, 11) is 3.97. The van der Waals surface area contributed by atoms with Gasteiger partial charge in [-0.05, 0) is 32.0 Å². The Labute approximate surface area is 163 Å². The van der Waals surface area contributed by atoms with Crippen LogP contribution in [0.25, 0.3) is 0 Å². The summed E-state index contributed by atoms with van der Waals surface area (Å²) in [6.45, 7) is 7.11.